The molecule has 196 valence electrons. The lowest BCUT2D eigenvalue weighted by Crippen LogP contribution is -2.52. The topological polar surface area (TPSA) is 86.8 Å². The molecule has 0 radical (unpaired) electrons. The Kier molecular flexibility index (Phi) is 9.30. The number of nitrogens with one attached hydrogen (secondary N) is 1. The normalized spacial score (nSPS) is 14.9. The summed E-state index contributed by atoms with van der Waals surface area (Å²) in [5, 5.41) is 3.85. The van der Waals surface area contributed by atoms with Gasteiger partial charge >= 0.3 is 0 Å². The van der Waals surface area contributed by atoms with Crippen LogP contribution in [0.4, 0.5) is 5.69 Å². The second-order valence-electron chi connectivity index (χ2n) is 9.41. The highest BCUT2D eigenvalue weighted by Crippen LogP contribution is 2.27. The van der Waals surface area contributed by atoms with Gasteiger partial charge in [-0.25, -0.2) is 8.42 Å². The van der Waals surface area contributed by atoms with Gasteiger partial charge in [-0.05, 0) is 68.5 Å². The van der Waals surface area contributed by atoms with Gasteiger partial charge in [0.25, 0.3) is 0 Å². The monoisotopic (exact) mass is 553 g/mol. The second kappa shape index (κ2) is 11.8. The van der Waals surface area contributed by atoms with E-state index < -0.39 is 28.5 Å². The Bertz CT molecular complexity index is 1230. The van der Waals surface area contributed by atoms with E-state index >= 15 is 0 Å². The number of hydrogen-bond acceptors (Lipinski definition) is 4. The first-order valence-electron chi connectivity index (χ1n) is 12.0. The number of nitrogens with zero attached hydrogens (tertiary/aromatic N) is 2. The Hall–Kier alpha value is -2.29. The van der Waals surface area contributed by atoms with Crippen LogP contribution in [0, 0.1) is 13.8 Å². The average molecular weight is 555 g/mol. The molecule has 3 rings (SSSR count). The molecule has 2 aromatic carbocycles. The van der Waals surface area contributed by atoms with Gasteiger partial charge in [0.15, 0.2) is 0 Å². The van der Waals surface area contributed by atoms with Gasteiger partial charge in [-0.1, -0.05) is 54.2 Å². The number of anilines is 1. The zero-order chi connectivity index (χ0) is 26.6. The van der Waals surface area contributed by atoms with Crippen molar-refractivity contribution in [3.63, 3.8) is 0 Å². The molecule has 0 heterocycles. The van der Waals surface area contributed by atoms with Gasteiger partial charge in [0.1, 0.15) is 12.6 Å². The summed E-state index contributed by atoms with van der Waals surface area (Å²) < 4.78 is 26.6. The van der Waals surface area contributed by atoms with Crippen LogP contribution in [0.5, 0.6) is 0 Å². The van der Waals surface area contributed by atoms with Crippen LogP contribution in [0.2, 0.25) is 10.0 Å². The summed E-state index contributed by atoms with van der Waals surface area (Å²) in [5.74, 6) is -0.792. The number of aryl methyl sites for hydroxylation is 1. The Morgan fingerprint density at radius 2 is 1.78 bits per heavy atom. The SMILES string of the molecule is Cc1cccc(N(CC(=O)N(Cc2ccc(Cl)cc2Cl)[C@H](C)C(=O)NC2CCCC2)S(C)(=O)=O)c1C. The van der Waals surface area contributed by atoms with Crippen LogP contribution in [0.1, 0.15) is 49.3 Å². The maximum absolute atomic E-state index is 13.7. The quantitative estimate of drug-likeness (QED) is 0.480. The molecule has 1 saturated carbocycles. The van der Waals surface area contributed by atoms with E-state index in [4.69, 9.17) is 23.2 Å². The first-order chi connectivity index (χ1) is 16.9. The second-order valence-corrected chi connectivity index (χ2v) is 12.2. The standard InChI is InChI=1S/C26H33Cl2N3O4S/c1-17-8-7-11-24(18(17)2)31(36(4,34)35)16-25(32)30(15-20-12-13-21(27)14-23(20)28)19(3)26(33)29-22-9-5-6-10-22/h7-8,11-14,19,22H,5-6,9-10,15-16H2,1-4H3,(H,29,33)/t19-/m1/s1. The number of halogens is 2. The zero-order valence-corrected chi connectivity index (χ0v) is 23.4. The number of carbonyl (C=O) groups is 2. The van der Waals surface area contributed by atoms with Crippen molar-refractivity contribution in [1.29, 1.82) is 0 Å². The lowest BCUT2D eigenvalue weighted by atomic mass is 10.1. The van der Waals surface area contributed by atoms with Crippen LogP contribution in [0.25, 0.3) is 0 Å². The smallest absolute Gasteiger partial charge is 0.244 e. The van der Waals surface area contributed by atoms with Gasteiger partial charge < -0.3 is 10.2 Å². The third-order valence-corrected chi connectivity index (χ3v) is 8.46. The minimum Gasteiger partial charge on any atom is -0.352 e. The van der Waals surface area contributed by atoms with E-state index in [-0.39, 0.29) is 18.5 Å². The number of rotatable bonds is 9. The van der Waals surface area contributed by atoms with Gasteiger partial charge in [0, 0.05) is 22.6 Å². The predicted molar refractivity (Wildman–Crippen MR) is 145 cm³/mol. The summed E-state index contributed by atoms with van der Waals surface area (Å²) in [4.78, 5) is 28.2. The van der Waals surface area contributed by atoms with Crippen molar-refractivity contribution in [1.82, 2.24) is 10.2 Å². The highest BCUT2D eigenvalue weighted by molar-refractivity contribution is 7.92. The maximum Gasteiger partial charge on any atom is 0.244 e. The highest BCUT2D eigenvalue weighted by atomic mass is 35.5. The molecule has 0 spiro atoms. The third-order valence-electron chi connectivity index (χ3n) is 6.75. The Morgan fingerprint density at radius 1 is 1.11 bits per heavy atom. The van der Waals surface area contributed by atoms with Crippen molar-refractivity contribution >= 4 is 50.7 Å². The fourth-order valence-corrected chi connectivity index (χ4v) is 5.78. The van der Waals surface area contributed by atoms with Gasteiger partial charge in [-0.2, -0.15) is 0 Å². The van der Waals surface area contributed by atoms with Crippen LogP contribution in [0.3, 0.4) is 0 Å². The van der Waals surface area contributed by atoms with E-state index in [0.717, 1.165) is 47.4 Å². The third kappa shape index (κ3) is 6.93. The largest absolute Gasteiger partial charge is 0.352 e. The van der Waals surface area contributed by atoms with Gasteiger partial charge in [0.05, 0.1) is 11.9 Å². The van der Waals surface area contributed by atoms with Crippen LogP contribution in [-0.4, -0.2) is 50.0 Å². The van der Waals surface area contributed by atoms with E-state index in [1.165, 1.54) is 4.90 Å². The summed E-state index contributed by atoms with van der Waals surface area (Å²) in [6, 6.07) is 9.48. The van der Waals surface area contributed by atoms with Gasteiger partial charge in [-0.3, -0.25) is 13.9 Å². The molecule has 0 bridgehead atoms. The molecular formula is C26H33Cl2N3O4S. The summed E-state index contributed by atoms with van der Waals surface area (Å²) in [6.07, 6.45) is 5.00. The van der Waals surface area contributed by atoms with Crippen molar-refractivity contribution in [2.24, 2.45) is 0 Å². The number of hydrogen-bond donors (Lipinski definition) is 1. The number of amides is 2. The van der Waals surface area contributed by atoms with Crippen molar-refractivity contribution in [3.05, 3.63) is 63.1 Å². The van der Waals surface area contributed by atoms with E-state index in [2.05, 4.69) is 5.32 Å². The highest BCUT2D eigenvalue weighted by Gasteiger charge is 2.32. The lowest BCUT2D eigenvalue weighted by Gasteiger charge is -2.32. The molecule has 1 aliphatic rings. The molecule has 2 amide bonds. The van der Waals surface area contributed by atoms with Crippen LogP contribution >= 0.6 is 23.2 Å². The molecule has 2 aromatic rings. The maximum atomic E-state index is 13.7. The van der Waals surface area contributed by atoms with Crippen LogP contribution in [-0.2, 0) is 26.2 Å². The molecule has 0 saturated heterocycles. The van der Waals surface area contributed by atoms with Crippen LogP contribution < -0.4 is 9.62 Å². The van der Waals surface area contributed by atoms with Gasteiger partial charge in [-0.15, -0.1) is 0 Å². The van der Waals surface area contributed by atoms with Crippen molar-refractivity contribution in [2.75, 3.05) is 17.1 Å². The number of benzene rings is 2. The molecular weight excluding hydrogens is 521 g/mol. The molecule has 0 aromatic heterocycles. The summed E-state index contributed by atoms with van der Waals surface area (Å²) in [6.45, 7) is 4.92. The summed E-state index contributed by atoms with van der Waals surface area (Å²) >= 11 is 12.4. The van der Waals surface area contributed by atoms with Crippen molar-refractivity contribution in [3.8, 4) is 0 Å². The molecule has 0 unspecified atom stereocenters. The van der Waals surface area contributed by atoms with E-state index in [0.29, 0.717) is 21.3 Å². The fourth-order valence-electron chi connectivity index (χ4n) is 4.41. The van der Waals surface area contributed by atoms with Gasteiger partial charge in [0.2, 0.25) is 21.8 Å². The lowest BCUT2D eigenvalue weighted by molar-refractivity contribution is -0.139. The first-order valence-corrected chi connectivity index (χ1v) is 14.6. The van der Waals surface area contributed by atoms with E-state index in [1.54, 1.807) is 37.3 Å². The van der Waals surface area contributed by atoms with Crippen molar-refractivity contribution < 1.29 is 18.0 Å². The Balaban J connectivity index is 1.94. The number of carbonyl (C=O) groups excluding carboxylic acids is 2. The molecule has 1 fully saturated rings. The summed E-state index contributed by atoms with van der Waals surface area (Å²) in [7, 11) is -3.80. The fraction of sp³-hybridized carbons (Fsp3) is 0.462. The van der Waals surface area contributed by atoms with Crippen molar-refractivity contribution in [2.45, 2.75) is 65.1 Å². The number of sulfonamides is 1. The van der Waals surface area contributed by atoms with Crippen LogP contribution in [0.15, 0.2) is 36.4 Å². The predicted octanol–water partition coefficient (Wildman–Crippen LogP) is 4.85. The average Bonchev–Trinajstić information content (AvgIpc) is 3.31. The molecule has 0 aliphatic heterocycles. The summed E-state index contributed by atoms with van der Waals surface area (Å²) in [5.41, 5.74) is 2.70. The first kappa shape index (κ1) is 28.3. The Morgan fingerprint density at radius 3 is 2.39 bits per heavy atom. The molecule has 10 heteroatoms. The van der Waals surface area contributed by atoms with E-state index in [1.807, 2.05) is 19.9 Å². The minimum atomic E-state index is -3.80. The Labute approximate surface area is 223 Å². The minimum absolute atomic E-state index is 0.0263. The molecule has 7 nitrogen and oxygen atoms in total. The molecule has 1 aliphatic carbocycles. The molecule has 1 N–H and O–H groups in total. The zero-order valence-electron chi connectivity index (χ0n) is 21.1. The molecule has 1 atom stereocenters. The van der Waals surface area contributed by atoms with E-state index in [9.17, 15) is 18.0 Å². The molecule has 36 heavy (non-hydrogen) atoms.